The van der Waals surface area contributed by atoms with Crippen molar-refractivity contribution >= 4 is 28.9 Å². The molecule has 0 bridgehead atoms. The maximum absolute atomic E-state index is 14.8. The van der Waals surface area contributed by atoms with Gasteiger partial charge < -0.3 is 20.1 Å². The molecule has 2 aromatic carbocycles. The molecule has 0 aliphatic carbocycles. The monoisotopic (exact) mass is 499 g/mol. The van der Waals surface area contributed by atoms with Gasteiger partial charge in [-0.05, 0) is 67.2 Å². The third kappa shape index (κ3) is 4.72. The number of hydrogen-bond acceptors (Lipinski definition) is 3. The Bertz CT molecular complexity index is 1390. The van der Waals surface area contributed by atoms with Crippen molar-refractivity contribution in [3.8, 4) is 5.69 Å². The molecule has 1 aliphatic rings. The number of carbonyl (C=O) groups excluding carboxylic acids is 1. The van der Waals surface area contributed by atoms with Gasteiger partial charge in [0, 0.05) is 36.7 Å². The van der Waals surface area contributed by atoms with Crippen molar-refractivity contribution in [2.24, 2.45) is 0 Å². The number of para-hydroxylation sites is 2. The van der Waals surface area contributed by atoms with Crippen LogP contribution in [0.5, 0.6) is 0 Å². The Kier molecular flexibility index (Phi) is 6.77. The van der Waals surface area contributed by atoms with Crippen LogP contribution in [0, 0.1) is 12.7 Å². The fourth-order valence-corrected chi connectivity index (χ4v) is 4.95. The Morgan fingerprint density at radius 3 is 2.61 bits per heavy atom. The van der Waals surface area contributed by atoms with Crippen molar-refractivity contribution in [2.75, 3.05) is 11.9 Å². The molecule has 0 radical (unpaired) electrons. The second-order valence-corrected chi connectivity index (χ2v) is 9.07. The Morgan fingerprint density at radius 1 is 1.06 bits per heavy atom. The number of carbonyl (C=O) groups is 1. The molecule has 2 unspecified atom stereocenters. The van der Waals surface area contributed by atoms with Crippen LogP contribution in [-0.4, -0.2) is 32.0 Å². The number of pyridine rings is 1. The topological polar surface area (TPSA) is 62.2 Å². The lowest BCUT2D eigenvalue weighted by molar-refractivity contribution is -0.116. The zero-order chi connectivity index (χ0) is 25.1. The highest BCUT2D eigenvalue weighted by atomic mass is 32.1. The van der Waals surface area contributed by atoms with Gasteiger partial charge in [-0.3, -0.25) is 9.78 Å². The maximum Gasteiger partial charge on any atom is 0.226 e. The second-order valence-electron chi connectivity index (χ2n) is 8.69. The van der Waals surface area contributed by atoms with E-state index in [2.05, 4.69) is 15.6 Å². The fraction of sp³-hybridized carbons (Fsp3) is 0.179. The quantitative estimate of drug-likeness (QED) is 0.337. The number of thiocarbonyl (C=S) groups is 1. The molecule has 2 aromatic heterocycles. The van der Waals surface area contributed by atoms with E-state index < -0.39 is 0 Å². The summed E-state index contributed by atoms with van der Waals surface area (Å²) in [6.45, 7) is 2.35. The molecule has 1 amide bonds. The van der Waals surface area contributed by atoms with Crippen LogP contribution in [0.15, 0.2) is 91.3 Å². The van der Waals surface area contributed by atoms with E-state index in [1.165, 1.54) is 6.07 Å². The first kappa shape index (κ1) is 23.7. The predicted octanol–water partition coefficient (Wildman–Crippen LogP) is 5.32. The number of halogens is 1. The number of aryl methyl sites for hydroxylation is 1. The molecule has 4 aromatic rings. The van der Waals surface area contributed by atoms with E-state index in [0.29, 0.717) is 17.3 Å². The van der Waals surface area contributed by atoms with E-state index in [4.69, 9.17) is 12.2 Å². The summed E-state index contributed by atoms with van der Waals surface area (Å²) >= 11 is 5.73. The number of hydrogen-bond donors (Lipinski definition) is 2. The van der Waals surface area contributed by atoms with Crippen LogP contribution in [0.3, 0.4) is 0 Å². The molecule has 2 atom stereocenters. The summed E-state index contributed by atoms with van der Waals surface area (Å²) in [5.74, 6) is -0.418. The van der Waals surface area contributed by atoms with E-state index in [9.17, 15) is 9.18 Å². The summed E-state index contributed by atoms with van der Waals surface area (Å²) in [6.07, 6.45) is 3.82. The Balaban J connectivity index is 1.46. The van der Waals surface area contributed by atoms with Gasteiger partial charge in [-0.1, -0.05) is 36.4 Å². The lowest BCUT2D eigenvalue weighted by Gasteiger charge is -2.29. The number of nitrogens with one attached hydrogen (secondary N) is 2. The fourth-order valence-electron chi connectivity index (χ4n) is 4.62. The maximum atomic E-state index is 14.8. The third-order valence-electron chi connectivity index (χ3n) is 6.39. The van der Waals surface area contributed by atoms with Crippen molar-refractivity contribution in [1.29, 1.82) is 0 Å². The summed E-state index contributed by atoms with van der Waals surface area (Å²) < 4.78 is 16.6. The summed E-state index contributed by atoms with van der Waals surface area (Å²) in [5.41, 5.74) is 3.91. The largest absolute Gasteiger partial charge is 0.352 e. The van der Waals surface area contributed by atoms with Crippen molar-refractivity contribution in [2.45, 2.75) is 25.4 Å². The third-order valence-corrected chi connectivity index (χ3v) is 6.74. The van der Waals surface area contributed by atoms with Crippen LogP contribution in [0.25, 0.3) is 5.69 Å². The van der Waals surface area contributed by atoms with Gasteiger partial charge in [-0.25, -0.2) is 4.39 Å². The Hall–Kier alpha value is -4.04. The molecule has 0 saturated carbocycles. The van der Waals surface area contributed by atoms with Crippen molar-refractivity contribution < 1.29 is 9.18 Å². The first-order valence-electron chi connectivity index (χ1n) is 11.8. The van der Waals surface area contributed by atoms with E-state index in [-0.39, 0.29) is 30.2 Å². The number of amides is 1. The molecule has 2 N–H and O–H groups in total. The van der Waals surface area contributed by atoms with Gasteiger partial charge in [0.2, 0.25) is 5.91 Å². The average Bonchev–Trinajstić information content (AvgIpc) is 3.49. The minimum absolute atomic E-state index is 0.100. The number of benzene rings is 2. The van der Waals surface area contributed by atoms with Crippen LogP contribution in [-0.2, 0) is 4.79 Å². The van der Waals surface area contributed by atoms with Gasteiger partial charge in [-0.2, -0.15) is 0 Å². The van der Waals surface area contributed by atoms with Crippen LogP contribution < -0.4 is 10.6 Å². The highest BCUT2D eigenvalue weighted by molar-refractivity contribution is 7.80. The molecule has 182 valence electrons. The zero-order valence-corrected chi connectivity index (χ0v) is 20.6. The molecular formula is C28H26FN5OS. The standard InChI is InChI=1S/C28H26FN5OS/c1-19-9-2-4-11-21(19)31-25(35)15-18-34-27(26(32-28(34)36)22-12-6-7-16-30-22)24-14-8-17-33(24)23-13-5-3-10-20(23)29/h2-14,16-17,26-27H,15,18H2,1H3,(H,31,35)(H,32,36). The zero-order valence-electron chi connectivity index (χ0n) is 19.8. The smallest absolute Gasteiger partial charge is 0.226 e. The minimum atomic E-state index is -0.318. The van der Waals surface area contributed by atoms with Gasteiger partial charge in [0.25, 0.3) is 0 Å². The van der Waals surface area contributed by atoms with Crippen LogP contribution in [0.4, 0.5) is 10.1 Å². The first-order chi connectivity index (χ1) is 17.5. The van der Waals surface area contributed by atoms with Crippen molar-refractivity contribution in [3.63, 3.8) is 0 Å². The normalized spacial score (nSPS) is 17.2. The highest BCUT2D eigenvalue weighted by Crippen LogP contribution is 2.39. The molecule has 8 heteroatoms. The van der Waals surface area contributed by atoms with Gasteiger partial charge in [0.05, 0.1) is 23.5 Å². The lowest BCUT2D eigenvalue weighted by Crippen LogP contribution is -2.33. The number of nitrogens with zero attached hydrogens (tertiary/aromatic N) is 3. The van der Waals surface area contributed by atoms with E-state index in [1.807, 2.05) is 83.3 Å². The number of aromatic nitrogens is 2. The van der Waals surface area contributed by atoms with E-state index in [1.54, 1.807) is 18.3 Å². The molecule has 1 fully saturated rings. The van der Waals surface area contributed by atoms with Gasteiger partial charge in [0.15, 0.2) is 5.11 Å². The van der Waals surface area contributed by atoms with Crippen LogP contribution in [0.1, 0.15) is 35.5 Å². The molecule has 1 saturated heterocycles. The number of rotatable bonds is 7. The van der Waals surface area contributed by atoms with Crippen LogP contribution in [0.2, 0.25) is 0 Å². The molecule has 5 rings (SSSR count). The van der Waals surface area contributed by atoms with Gasteiger partial charge in [0.1, 0.15) is 5.82 Å². The molecule has 6 nitrogen and oxygen atoms in total. The molecule has 0 spiro atoms. The summed E-state index contributed by atoms with van der Waals surface area (Å²) in [6, 6.07) is 23.4. The lowest BCUT2D eigenvalue weighted by atomic mass is 10.0. The molecular weight excluding hydrogens is 473 g/mol. The number of anilines is 1. The predicted molar refractivity (Wildman–Crippen MR) is 142 cm³/mol. The average molecular weight is 500 g/mol. The van der Waals surface area contributed by atoms with Gasteiger partial charge >= 0.3 is 0 Å². The van der Waals surface area contributed by atoms with Crippen molar-refractivity contribution in [3.05, 3.63) is 114 Å². The van der Waals surface area contributed by atoms with Crippen molar-refractivity contribution in [1.82, 2.24) is 19.8 Å². The van der Waals surface area contributed by atoms with Crippen LogP contribution >= 0.6 is 12.2 Å². The molecule has 1 aliphatic heterocycles. The Labute approximate surface area is 214 Å². The highest BCUT2D eigenvalue weighted by Gasteiger charge is 2.41. The Morgan fingerprint density at radius 2 is 1.83 bits per heavy atom. The van der Waals surface area contributed by atoms with E-state index in [0.717, 1.165) is 22.6 Å². The SMILES string of the molecule is Cc1ccccc1NC(=O)CCN1C(=S)NC(c2ccccn2)C1c1cccn1-c1ccccc1F. The van der Waals surface area contributed by atoms with Gasteiger partial charge in [-0.15, -0.1) is 0 Å². The molecule has 36 heavy (non-hydrogen) atoms. The minimum Gasteiger partial charge on any atom is -0.352 e. The second kappa shape index (κ2) is 10.3. The summed E-state index contributed by atoms with van der Waals surface area (Å²) in [5, 5.41) is 6.91. The first-order valence-corrected chi connectivity index (χ1v) is 12.2. The molecule has 3 heterocycles. The van der Waals surface area contributed by atoms with E-state index >= 15 is 0 Å². The summed E-state index contributed by atoms with van der Waals surface area (Å²) in [7, 11) is 0. The summed E-state index contributed by atoms with van der Waals surface area (Å²) in [4.78, 5) is 19.4.